The zero-order valence-electron chi connectivity index (χ0n) is 10.3. The van der Waals surface area contributed by atoms with Crippen molar-refractivity contribution in [3.8, 4) is 0 Å². The summed E-state index contributed by atoms with van der Waals surface area (Å²) in [4.78, 5) is 22.0. The molecular formula is C12H22O4. The first-order valence-corrected chi connectivity index (χ1v) is 5.84. The number of carboxylic acid groups (broad SMARTS) is 2. The van der Waals surface area contributed by atoms with Gasteiger partial charge in [0.15, 0.2) is 5.41 Å². The van der Waals surface area contributed by atoms with Crippen LogP contribution in [0, 0.1) is 11.3 Å². The highest BCUT2D eigenvalue weighted by Gasteiger charge is 2.46. The van der Waals surface area contributed by atoms with Gasteiger partial charge in [0.25, 0.3) is 0 Å². The fourth-order valence-electron chi connectivity index (χ4n) is 1.68. The number of carbonyl (C=O) groups is 2. The number of unbranched alkanes of at least 4 members (excludes halogenated alkanes) is 3. The van der Waals surface area contributed by atoms with Gasteiger partial charge in [-0.05, 0) is 19.3 Å². The van der Waals surface area contributed by atoms with Crippen molar-refractivity contribution in [3.63, 3.8) is 0 Å². The normalized spacial score (nSPS) is 13.4. The van der Waals surface area contributed by atoms with Crippen LogP contribution in [0.1, 0.15) is 52.9 Å². The molecule has 2 N–H and O–H groups in total. The van der Waals surface area contributed by atoms with E-state index >= 15 is 0 Å². The van der Waals surface area contributed by atoms with Gasteiger partial charge in [-0.25, -0.2) is 0 Å². The van der Waals surface area contributed by atoms with Crippen LogP contribution in [-0.2, 0) is 9.59 Å². The van der Waals surface area contributed by atoms with Gasteiger partial charge in [0, 0.05) is 0 Å². The molecule has 0 fully saturated rings. The van der Waals surface area contributed by atoms with Crippen LogP contribution in [0.5, 0.6) is 0 Å². The Bertz CT molecular complexity index is 233. The summed E-state index contributed by atoms with van der Waals surface area (Å²) in [5.41, 5.74) is -1.66. The molecule has 0 saturated carbocycles. The number of aliphatic carboxylic acids is 2. The fourth-order valence-corrected chi connectivity index (χ4v) is 1.68. The number of rotatable bonds is 8. The molecule has 0 spiro atoms. The molecule has 0 heterocycles. The third kappa shape index (κ3) is 3.51. The Kier molecular flexibility index (Phi) is 6.08. The Balaban J connectivity index is 4.35. The molecule has 0 aromatic rings. The summed E-state index contributed by atoms with van der Waals surface area (Å²) in [7, 11) is 0. The minimum Gasteiger partial charge on any atom is -0.480 e. The Morgan fingerprint density at radius 1 is 1.12 bits per heavy atom. The summed E-state index contributed by atoms with van der Waals surface area (Å²) in [5, 5.41) is 18.0. The van der Waals surface area contributed by atoms with E-state index in [9.17, 15) is 9.59 Å². The zero-order chi connectivity index (χ0) is 12.8. The highest BCUT2D eigenvalue weighted by atomic mass is 16.4. The van der Waals surface area contributed by atoms with Gasteiger partial charge in [-0.3, -0.25) is 9.59 Å². The van der Waals surface area contributed by atoms with E-state index in [4.69, 9.17) is 10.2 Å². The summed E-state index contributed by atoms with van der Waals surface area (Å²) in [6, 6.07) is 0. The molecule has 0 aliphatic heterocycles. The highest BCUT2D eigenvalue weighted by Crippen LogP contribution is 2.32. The second-order valence-corrected chi connectivity index (χ2v) is 4.56. The van der Waals surface area contributed by atoms with E-state index in [1.807, 2.05) is 0 Å². The first kappa shape index (κ1) is 14.9. The maximum absolute atomic E-state index is 11.0. The molecule has 4 nitrogen and oxygen atoms in total. The molecule has 0 saturated heterocycles. The molecule has 0 amide bonds. The molecule has 0 aromatic carbocycles. The van der Waals surface area contributed by atoms with E-state index in [-0.39, 0.29) is 5.92 Å². The van der Waals surface area contributed by atoms with Crippen molar-refractivity contribution in [2.75, 3.05) is 0 Å². The maximum Gasteiger partial charge on any atom is 0.321 e. The number of hydrogen-bond acceptors (Lipinski definition) is 2. The van der Waals surface area contributed by atoms with Crippen molar-refractivity contribution in [1.82, 2.24) is 0 Å². The molecule has 16 heavy (non-hydrogen) atoms. The molecule has 0 bridgehead atoms. The predicted molar refractivity (Wildman–Crippen MR) is 61.3 cm³/mol. The van der Waals surface area contributed by atoms with Gasteiger partial charge in [0.1, 0.15) is 0 Å². The van der Waals surface area contributed by atoms with Gasteiger partial charge in [0.2, 0.25) is 0 Å². The Labute approximate surface area is 96.7 Å². The van der Waals surface area contributed by atoms with Gasteiger partial charge in [-0.15, -0.1) is 0 Å². The molecule has 0 aliphatic carbocycles. The standard InChI is InChI=1S/C12H22O4/c1-4-5-6-7-8-9(2)12(3,10(13)14)11(15)16/h9H,4-8H2,1-3H3,(H,13,14)(H,15,16). The molecule has 0 aromatic heterocycles. The minimum atomic E-state index is -1.66. The van der Waals surface area contributed by atoms with Crippen LogP contribution in [0.2, 0.25) is 0 Å². The van der Waals surface area contributed by atoms with Crippen molar-refractivity contribution in [2.45, 2.75) is 52.9 Å². The van der Waals surface area contributed by atoms with Gasteiger partial charge in [-0.1, -0.05) is 39.5 Å². The molecular weight excluding hydrogens is 208 g/mol. The predicted octanol–water partition coefficient (Wildman–Crippen LogP) is 2.77. The van der Waals surface area contributed by atoms with E-state index in [1.165, 1.54) is 6.92 Å². The van der Waals surface area contributed by atoms with Crippen molar-refractivity contribution in [3.05, 3.63) is 0 Å². The van der Waals surface area contributed by atoms with Crippen molar-refractivity contribution in [2.24, 2.45) is 11.3 Å². The summed E-state index contributed by atoms with van der Waals surface area (Å²) >= 11 is 0. The molecule has 4 heteroatoms. The lowest BCUT2D eigenvalue weighted by molar-refractivity contribution is -0.167. The third-order valence-electron chi connectivity index (χ3n) is 3.36. The highest BCUT2D eigenvalue weighted by molar-refractivity contribution is 5.98. The molecule has 0 aliphatic rings. The van der Waals surface area contributed by atoms with Crippen molar-refractivity contribution in [1.29, 1.82) is 0 Å². The monoisotopic (exact) mass is 230 g/mol. The summed E-state index contributed by atoms with van der Waals surface area (Å²) < 4.78 is 0. The molecule has 94 valence electrons. The summed E-state index contributed by atoms with van der Waals surface area (Å²) in [6.45, 7) is 5.10. The molecule has 1 atom stereocenters. The first-order chi connectivity index (χ1) is 7.37. The molecule has 0 rings (SSSR count). The average Bonchev–Trinajstić information content (AvgIpc) is 2.22. The smallest absolute Gasteiger partial charge is 0.321 e. The van der Waals surface area contributed by atoms with E-state index < -0.39 is 17.4 Å². The van der Waals surface area contributed by atoms with E-state index in [2.05, 4.69) is 6.92 Å². The van der Waals surface area contributed by atoms with Crippen LogP contribution >= 0.6 is 0 Å². The second kappa shape index (κ2) is 6.51. The van der Waals surface area contributed by atoms with Crippen molar-refractivity contribution >= 4 is 11.9 Å². The van der Waals surface area contributed by atoms with E-state index in [1.54, 1.807) is 6.92 Å². The van der Waals surface area contributed by atoms with Crippen LogP contribution < -0.4 is 0 Å². The minimum absolute atomic E-state index is 0.348. The maximum atomic E-state index is 11.0. The van der Waals surface area contributed by atoms with Gasteiger partial charge in [-0.2, -0.15) is 0 Å². The van der Waals surface area contributed by atoms with Crippen LogP contribution in [0.3, 0.4) is 0 Å². The Hall–Kier alpha value is -1.06. The first-order valence-electron chi connectivity index (χ1n) is 5.84. The lowest BCUT2D eigenvalue weighted by Crippen LogP contribution is -2.42. The quantitative estimate of drug-likeness (QED) is 0.496. The summed E-state index contributed by atoms with van der Waals surface area (Å²) in [6.07, 6.45) is 4.81. The topological polar surface area (TPSA) is 74.6 Å². The van der Waals surface area contributed by atoms with E-state index in [0.29, 0.717) is 6.42 Å². The number of carboxylic acids is 2. The Morgan fingerprint density at radius 2 is 1.62 bits per heavy atom. The number of hydrogen-bond donors (Lipinski definition) is 2. The summed E-state index contributed by atoms with van der Waals surface area (Å²) in [5.74, 6) is -2.84. The van der Waals surface area contributed by atoms with Gasteiger partial charge in [0.05, 0.1) is 0 Å². The SMILES string of the molecule is CCCCCCC(C)C(C)(C(=O)O)C(=O)O. The average molecular weight is 230 g/mol. The van der Waals surface area contributed by atoms with E-state index in [0.717, 1.165) is 25.7 Å². The van der Waals surface area contributed by atoms with Crippen LogP contribution in [0.25, 0.3) is 0 Å². The van der Waals surface area contributed by atoms with Crippen LogP contribution in [0.4, 0.5) is 0 Å². The van der Waals surface area contributed by atoms with Crippen molar-refractivity contribution < 1.29 is 19.8 Å². The molecule has 1 unspecified atom stereocenters. The fraction of sp³-hybridized carbons (Fsp3) is 0.833. The molecule has 0 radical (unpaired) electrons. The largest absolute Gasteiger partial charge is 0.480 e. The zero-order valence-corrected chi connectivity index (χ0v) is 10.3. The van der Waals surface area contributed by atoms with Crippen LogP contribution in [0.15, 0.2) is 0 Å². The van der Waals surface area contributed by atoms with Gasteiger partial charge >= 0.3 is 11.9 Å². The lowest BCUT2D eigenvalue weighted by atomic mass is 9.75. The van der Waals surface area contributed by atoms with Gasteiger partial charge < -0.3 is 10.2 Å². The van der Waals surface area contributed by atoms with Crippen LogP contribution in [-0.4, -0.2) is 22.2 Å². The third-order valence-corrected chi connectivity index (χ3v) is 3.36. The second-order valence-electron chi connectivity index (χ2n) is 4.56. The lowest BCUT2D eigenvalue weighted by Gasteiger charge is -2.27. The Morgan fingerprint density at radius 3 is 2.00 bits per heavy atom.